The van der Waals surface area contributed by atoms with Gasteiger partial charge >= 0.3 is 15.1 Å². The summed E-state index contributed by atoms with van der Waals surface area (Å²) in [5, 5.41) is 0. The molecule has 0 radical (unpaired) electrons. The van der Waals surface area contributed by atoms with Crippen molar-refractivity contribution in [1.29, 1.82) is 0 Å². The van der Waals surface area contributed by atoms with Gasteiger partial charge < -0.3 is 8.23 Å². The van der Waals surface area contributed by atoms with Crippen LogP contribution >= 0.6 is 0 Å². The van der Waals surface area contributed by atoms with E-state index in [0.717, 1.165) is 0 Å². The molecule has 0 N–H and O–H groups in total. The normalized spacial score (nSPS) is 32.6. The topological polar surface area (TPSA) is 18.5 Å². The van der Waals surface area contributed by atoms with Crippen LogP contribution in [-0.2, 0) is 8.23 Å². The SMILES string of the molecule is FC(F)(F)[SiH]1O[SiH2]O1. The maximum Gasteiger partial charge on any atom is 0.424 e. The van der Waals surface area contributed by atoms with Gasteiger partial charge in [0.2, 0.25) is 0 Å². The summed E-state index contributed by atoms with van der Waals surface area (Å²) >= 11 is 0. The molecule has 1 saturated heterocycles. The number of hydrogen-bond acceptors (Lipinski definition) is 2. The van der Waals surface area contributed by atoms with E-state index < -0.39 is 25.1 Å². The predicted octanol–water partition coefficient (Wildman–Crippen LogP) is -0.646. The molecule has 0 aromatic rings. The lowest BCUT2D eigenvalue weighted by molar-refractivity contribution is -0.0811. The van der Waals surface area contributed by atoms with Crippen molar-refractivity contribution in [3.63, 3.8) is 0 Å². The number of alkyl halides is 3. The molecule has 0 unspecified atom stereocenters. The van der Waals surface area contributed by atoms with Crippen LogP contribution in [0.4, 0.5) is 13.2 Å². The second-order valence-electron chi connectivity index (χ2n) is 1.32. The van der Waals surface area contributed by atoms with Crippen molar-refractivity contribution >= 4 is 19.3 Å². The van der Waals surface area contributed by atoms with Crippen molar-refractivity contribution < 1.29 is 21.4 Å². The second kappa shape index (κ2) is 1.83. The van der Waals surface area contributed by atoms with Crippen LogP contribution in [0.2, 0.25) is 0 Å². The average molecular weight is 160 g/mol. The highest BCUT2D eigenvalue weighted by Crippen LogP contribution is 2.23. The number of hydrogen-bond donors (Lipinski definition) is 0. The van der Waals surface area contributed by atoms with Crippen molar-refractivity contribution in [2.75, 3.05) is 0 Å². The Bertz CT molecular complexity index is 87.8. The molecular weight excluding hydrogens is 157 g/mol. The fourth-order valence-corrected chi connectivity index (χ4v) is 2.93. The first-order valence-electron chi connectivity index (χ1n) is 1.90. The molecule has 48 valence electrons. The summed E-state index contributed by atoms with van der Waals surface area (Å²) in [6.45, 7) is 0. The molecule has 0 saturated carbocycles. The Kier molecular flexibility index (Phi) is 1.43. The monoisotopic (exact) mass is 160 g/mol. The summed E-state index contributed by atoms with van der Waals surface area (Å²) in [6, 6.07) is 0. The van der Waals surface area contributed by atoms with Gasteiger partial charge in [0.15, 0.2) is 0 Å². The summed E-state index contributed by atoms with van der Waals surface area (Å²) in [5.41, 5.74) is 0. The molecule has 0 aromatic carbocycles. The molecule has 1 heterocycles. The van der Waals surface area contributed by atoms with Crippen molar-refractivity contribution in [2.24, 2.45) is 0 Å². The van der Waals surface area contributed by atoms with E-state index in [9.17, 15) is 13.2 Å². The van der Waals surface area contributed by atoms with Crippen molar-refractivity contribution in [3.05, 3.63) is 0 Å². The van der Waals surface area contributed by atoms with Crippen LogP contribution in [0.15, 0.2) is 0 Å². The summed E-state index contributed by atoms with van der Waals surface area (Å²) in [5.74, 6) is -4.18. The molecule has 1 rings (SSSR count). The number of rotatable bonds is 0. The van der Waals surface area contributed by atoms with Gasteiger partial charge in [0.25, 0.3) is 10.0 Å². The third kappa shape index (κ3) is 1.10. The van der Waals surface area contributed by atoms with E-state index >= 15 is 0 Å². The summed E-state index contributed by atoms with van der Waals surface area (Å²) < 4.78 is 42.5. The zero-order valence-corrected chi connectivity index (χ0v) is 6.30. The van der Waals surface area contributed by atoms with Crippen molar-refractivity contribution in [3.8, 4) is 0 Å². The van der Waals surface area contributed by atoms with Gasteiger partial charge in [-0.15, -0.1) is 0 Å². The Morgan fingerprint density at radius 3 is 1.75 bits per heavy atom. The van der Waals surface area contributed by atoms with Crippen molar-refractivity contribution in [2.45, 2.75) is 5.80 Å². The predicted molar refractivity (Wildman–Crippen MR) is 23.9 cm³/mol. The Morgan fingerprint density at radius 1 is 1.25 bits per heavy atom. The zero-order valence-electron chi connectivity index (χ0n) is 3.73. The van der Waals surface area contributed by atoms with Gasteiger partial charge in [-0.3, -0.25) is 0 Å². The van der Waals surface area contributed by atoms with Crippen LogP contribution < -0.4 is 0 Å². The first-order chi connectivity index (χ1) is 3.61. The van der Waals surface area contributed by atoms with Crippen LogP contribution in [0.3, 0.4) is 0 Å². The minimum Gasteiger partial charge on any atom is -0.417 e. The minimum atomic E-state index is -4.18. The van der Waals surface area contributed by atoms with Crippen LogP contribution in [-0.4, -0.2) is 25.1 Å². The minimum absolute atomic E-state index is 1.18. The summed E-state index contributed by atoms with van der Waals surface area (Å²) in [7, 11) is -4.31. The largest absolute Gasteiger partial charge is 0.424 e. The molecule has 1 aliphatic heterocycles. The van der Waals surface area contributed by atoms with E-state index in [1.807, 2.05) is 0 Å². The smallest absolute Gasteiger partial charge is 0.417 e. The van der Waals surface area contributed by atoms with Gasteiger partial charge in [-0.2, -0.15) is 13.2 Å². The average Bonchev–Trinajstić information content (AvgIpc) is 1.16. The zero-order chi connectivity index (χ0) is 6.20. The van der Waals surface area contributed by atoms with Gasteiger partial charge in [0.05, 0.1) is 0 Å². The van der Waals surface area contributed by atoms with Crippen LogP contribution in [0.1, 0.15) is 0 Å². The standard InChI is InChI=1S/CH3F3O2Si2/c2-1(3,4)8-5-7-6-8/h8H,7H2. The van der Waals surface area contributed by atoms with E-state index in [0.29, 0.717) is 0 Å². The van der Waals surface area contributed by atoms with Crippen LogP contribution in [0.5, 0.6) is 0 Å². The Labute approximate surface area is 47.5 Å². The van der Waals surface area contributed by atoms with Gasteiger partial charge in [-0.1, -0.05) is 0 Å². The van der Waals surface area contributed by atoms with Crippen molar-refractivity contribution in [1.82, 2.24) is 0 Å². The van der Waals surface area contributed by atoms with E-state index in [1.165, 1.54) is 0 Å². The Morgan fingerprint density at radius 2 is 1.75 bits per heavy atom. The molecule has 0 aromatic heterocycles. The lowest BCUT2D eigenvalue weighted by Crippen LogP contribution is -2.50. The summed E-state index contributed by atoms with van der Waals surface area (Å²) in [4.78, 5) is 0. The van der Waals surface area contributed by atoms with Gasteiger partial charge in [-0.05, 0) is 0 Å². The molecule has 0 aliphatic carbocycles. The third-order valence-electron chi connectivity index (χ3n) is 0.706. The van der Waals surface area contributed by atoms with Crippen LogP contribution in [0.25, 0.3) is 0 Å². The fraction of sp³-hybridized carbons (Fsp3) is 1.00. The highest BCUT2D eigenvalue weighted by Gasteiger charge is 2.49. The summed E-state index contributed by atoms with van der Waals surface area (Å²) in [6.07, 6.45) is 0. The molecule has 8 heavy (non-hydrogen) atoms. The molecule has 0 atom stereocenters. The van der Waals surface area contributed by atoms with E-state index in [-0.39, 0.29) is 0 Å². The van der Waals surface area contributed by atoms with E-state index in [1.54, 1.807) is 0 Å². The molecule has 2 nitrogen and oxygen atoms in total. The third-order valence-corrected chi connectivity index (χ3v) is 4.75. The van der Waals surface area contributed by atoms with Gasteiger partial charge in [0.1, 0.15) is 0 Å². The molecule has 1 fully saturated rings. The van der Waals surface area contributed by atoms with Gasteiger partial charge in [-0.25, -0.2) is 0 Å². The van der Waals surface area contributed by atoms with Gasteiger partial charge in [0, 0.05) is 0 Å². The maximum atomic E-state index is 11.3. The number of halogens is 3. The quantitative estimate of drug-likeness (QED) is 0.439. The molecule has 0 amide bonds. The Balaban J connectivity index is 2.34. The lowest BCUT2D eigenvalue weighted by Gasteiger charge is -2.26. The molecule has 1 aliphatic rings. The first kappa shape index (κ1) is 6.27. The molecule has 0 bridgehead atoms. The molecule has 7 heteroatoms. The van der Waals surface area contributed by atoms with E-state index in [4.69, 9.17) is 0 Å². The molecule has 0 spiro atoms. The Hall–Kier alpha value is 0.144. The highest BCUT2D eigenvalue weighted by molar-refractivity contribution is 6.65. The fourth-order valence-electron chi connectivity index (χ4n) is 0.325. The molecular formula is CH3F3O2Si2. The second-order valence-corrected chi connectivity index (χ2v) is 5.55. The highest BCUT2D eigenvalue weighted by atomic mass is 28.4. The van der Waals surface area contributed by atoms with E-state index in [2.05, 4.69) is 8.23 Å². The lowest BCUT2D eigenvalue weighted by atomic mass is 11.5. The maximum absolute atomic E-state index is 11.3. The first-order valence-corrected chi connectivity index (χ1v) is 4.58. The van der Waals surface area contributed by atoms with Crippen LogP contribution in [0, 0.1) is 0 Å².